The molecule has 3 heterocycles. The molecular weight excluding hydrogens is 296 g/mol. The number of rotatable bonds is 4. The van der Waals surface area contributed by atoms with Crippen molar-refractivity contribution in [3.63, 3.8) is 0 Å². The maximum atomic E-state index is 5.65. The molecule has 20 heavy (non-hydrogen) atoms. The first-order chi connectivity index (χ1) is 9.29. The highest BCUT2D eigenvalue weighted by Crippen LogP contribution is 2.17. The van der Waals surface area contributed by atoms with Gasteiger partial charge in [0.15, 0.2) is 5.13 Å². The molecule has 0 aromatic carbocycles. The molecule has 110 valence electrons. The number of aromatic amines is 1. The summed E-state index contributed by atoms with van der Waals surface area (Å²) >= 11 is 1.58. The van der Waals surface area contributed by atoms with Crippen LogP contribution in [0.1, 0.15) is 10.7 Å². The van der Waals surface area contributed by atoms with Crippen molar-refractivity contribution in [1.29, 1.82) is 0 Å². The molecule has 1 aliphatic heterocycles. The third-order valence-electron chi connectivity index (χ3n) is 3.34. The Morgan fingerprint density at radius 2 is 1.85 bits per heavy atom. The lowest BCUT2D eigenvalue weighted by molar-refractivity contribution is 0.121. The first-order valence-corrected chi connectivity index (χ1v) is 7.24. The van der Waals surface area contributed by atoms with Crippen LogP contribution in [0.4, 0.5) is 5.13 Å². The number of anilines is 1. The maximum Gasteiger partial charge on any atom is 0.180 e. The summed E-state index contributed by atoms with van der Waals surface area (Å²) in [5.74, 6) is 1.05. The number of thiazole rings is 1. The Morgan fingerprint density at radius 1 is 1.15 bits per heavy atom. The molecule has 2 aromatic heterocycles. The van der Waals surface area contributed by atoms with Crippen LogP contribution < -0.4 is 5.73 Å². The van der Waals surface area contributed by atoms with E-state index in [4.69, 9.17) is 5.73 Å². The van der Waals surface area contributed by atoms with Gasteiger partial charge in [0.2, 0.25) is 0 Å². The van der Waals surface area contributed by atoms with E-state index in [9.17, 15) is 0 Å². The second-order valence-electron chi connectivity index (χ2n) is 4.75. The zero-order valence-corrected chi connectivity index (χ0v) is 12.8. The third-order valence-corrected chi connectivity index (χ3v) is 4.16. The molecule has 0 amide bonds. The zero-order chi connectivity index (χ0) is 13.1. The molecule has 1 fully saturated rings. The number of imidazole rings is 1. The van der Waals surface area contributed by atoms with Gasteiger partial charge < -0.3 is 10.7 Å². The molecule has 2 aromatic rings. The highest BCUT2D eigenvalue weighted by Gasteiger charge is 2.18. The molecule has 0 radical (unpaired) electrons. The molecule has 6 nitrogen and oxygen atoms in total. The zero-order valence-electron chi connectivity index (χ0n) is 11.2. The second-order valence-corrected chi connectivity index (χ2v) is 5.90. The van der Waals surface area contributed by atoms with Crippen molar-refractivity contribution in [2.24, 2.45) is 0 Å². The number of nitrogens with one attached hydrogen (secondary N) is 1. The van der Waals surface area contributed by atoms with Crippen molar-refractivity contribution < 1.29 is 0 Å². The fraction of sp³-hybridized carbons (Fsp3) is 0.500. The SMILES string of the molecule is Cl.Nc1ncc(CN2CCN(Cc3ncc[nH]3)CC2)s1. The number of nitrogens with two attached hydrogens (primary N) is 1. The van der Waals surface area contributed by atoms with Crippen molar-refractivity contribution in [1.82, 2.24) is 24.8 Å². The van der Waals surface area contributed by atoms with E-state index < -0.39 is 0 Å². The average Bonchev–Trinajstić information content (AvgIpc) is 3.04. The van der Waals surface area contributed by atoms with Gasteiger partial charge in [-0.2, -0.15) is 0 Å². The van der Waals surface area contributed by atoms with Crippen molar-refractivity contribution in [2.45, 2.75) is 13.1 Å². The van der Waals surface area contributed by atoms with Gasteiger partial charge in [0.25, 0.3) is 0 Å². The largest absolute Gasteiger partial charge is 0.375 e. The maximum absolute atomic E-state index is 5.65. The van der Waals surface area contributed by atoms with E-state index in [1.54, 1.807) is 17.5 Å². The molecule has 0 atom stereocenters. The minimum atomic E-state index is 0. The Morgan fingerprint density at radius 3 is 2.40 bits per heavy atom. The van der Waals surface area contributed by atoms with Gasteiger partial charge in [-0.1, -0.05) is 0 Å². The van der Waals surface area contributed by atoms with Crippen LogP contribution in [0, 0.1) is 0 Å². The van der Waals surface area contributed by atoms with Crippen LogP contribution in [0.5, 0.6) is 0 Å². The summed E-state index contributed by atoms with van der Waals surface area (Å²) in [6.45, 7) is 6.19. The van der Waals surface area contributed by atoms with Crippen molar-refractivity contribution in [3.05, 3.63) is 29.3 Å². The predicted octanol–water partition coefficient (Wildman–Crippen LogP) is 1.19. The summed E-state index contributed by atoms with van der Waals surface area (Å²) in [7, 11) is 0. The molecule has 0 saturated carbocycles. The van der Waals surface area contributed by atoms with E-state index in [1.165, 1.54) is 4.88 Å². The quantitative estimate of drug-likeness (QED) is 0.886. The summed E-state index contributed by atoms with van der Waals surface area (Å²) < 4.78 is 0. The first kappa shape index (κ1) is 15.2. The lowest BCUT2D eigenvalue weighted by Gasteiger charge is -2.33. The highest BCUT2D eigenvalue weighted by molar-refractivity contribution is 7.15. The van der Waals surface area contributed by atoms with Crippen LogP contribution in [0.3, 0.4) is 0 Å². The van der Waals surface area contributed by atoms with Crippen molar-refractivity contribution in [3.8, 4) is 0 Å². The van der Waals surface area contributed by atoms with Crippen molar-refractivity contribution >= 4 is 28.9 Å². The fourth-order valence-corrected chi connectivity index (χ4v) is 3.04. The molecule has 1 aliphatic rings. The fourth-order valence-electron chi connectivity index (χ4n) is 2.32. The van der Waals surface area contributed by atoms with E-state index >= 15 is 0 Å². The normalized spacial score (nSPS) is 17.0. The number of aromatic nitrogens is 3. The Kier molecular flexibility index (Phi) is 5.36. The standard InChI is InChI=1S/C12H18N6S.ClH/c13-12-16-7-10(19-12)8-17-3-5-18(6-4-17)9-11-14-1-2-15-11;/h1-2,7H,3-6,8-9H2,(H2,13,16)(H,14,15);1H. The molecule has 1 saturated heterocycles. The summed E-state index contributed by atoms with van der Waals surface area (Å²) in [5.41, 5.74) is 5.65. The number of nitrogens with zero attached hydrogens (tertiary/aromatic N) is 4. The third kappa shape index (κ3) is 3.92. The minimum Gasteiger partial charge on any atom is -0.375 e. The van der Waals surface area contributed by atoms with Gasteiger partial charge in [-0.25, -0.2) is 9.97 Å². The smallest absolute Gasteiger partial charge is 0.180 e. The summed E-state index contributed by atoms with van der Waals surface area (Å²) in [6.07, 6.45) is 5.56. The summed E-state index contributed by atoms with van der Waals surface area (Å²) in [5, 5.41) is 0.659. The van der Waals surface area contributed by atoms with E-state index in [-0.39, 0.29) is 12.4 Å². The number of H-pyrrole nitrogens is 1. The molecule has 0 aliphatic carbocycles. The molecule has 3 N–H and O–H groups in total. The highest BCUT2D eigenvalue weighted by atomic mass is 35.5. The van der Waals surface area contributed by atoms with E-state index in [0.717, 1.165) is 45.1 Å². The Labute approximate surface area is 128 Å². The topological polar surface area (TPSA) is 74.1 Å². The monoisotopic (exact) mass is 314 g/mol. The summed E-state index contributed by atoms with van der Waals surface area (Å²) in [4.78, 5) is 17.6. The van der Waals surface area contributed by atoms with E-state index in [0.29, 0.717) is 5.13 Å². The summed E-state index contributed by atoms with van der Waals surface area (Å²) in [6, 6.07) is 0. The molecule has 0 spiro atoms. The lowest BCUT2D eigenvalue weighted by atomic mass is 10.3. The number of halogens is 1. The number of piperazine rings is 1. The average molecular weight is 315 g/mol. The van der Waals surface area contributed by atoms with Crippen LogP contribution in [-0.2, 0) is 13.1 Å². The van der Waals surface area contributed by atoms with Crippen LogP contribution in [0.15, 0.2) is 18.6 Å². The molecule has 8 heteroatoms. The van der Waals surface area contributed by atoms with Crippen LogP contribution in [0.2, 0.25) is 0 Å². The van der Waals surface area contributed by atoms with Crippen molar-refractivity contribution in [2.75, 3.05) is 31.9 Å². The minimum absolute atomic E-state index is 0. The van der Waals surface area contributed by atoms with Gasteiger partial charge >= 0.3 is 0 Å². The molecule has 0 unspecified atom stereocenters. The van der Waals surface area contributed by atoms with Gasteiger partial charge in [0, 0.05) is 56.2 Å². The number of hydrogen-bond acceptors (Lipinski definition) is 6. The van der Waals surface area contributed by atoms with E-state index in [1.807, 2.05) is 12.4 Å². The van der Waals surface area contributed by atoms with E-state index in [2.05, 4.69) is 24.8 Å². The molecule has 3 rings (SSSR count). The van der Waals surface area contributed by atoms with Gasteiger partial charge in [0.1, 0.15) is 5.82 Å². The molecule has 0 bridgehead atoms. The van der Waals surface area contributed by atoms with Gasteiger partial charge in [0.05, 0.1) is 6.54 Å². The molecular formula is C12H19ClN6S. The Balaban J connectivity index is 0.00000147. The Hall–Kier alpha value is -1.15. The van der Waals surface area contributed by atoms with Gasteiger partial charge in [-0.3, -0.25) is 9.80 Å². The van der Waals surface area contributed by atoms with Crippen LogP contribution in [-0.4, -0.2) is 50.9 Å². The second kappa shape index (κ2) is 7.03. The van der Waals surface area contributed by atoms with Gasteiger partial charge in [-0.15, -0.1) is 23.7 Å². The predicted molar refractivity (Wildman–Crippen MR) is 82.9 cm³/mol. The first-order valence-electron chi connectivity index (χ1n) is 6.43. The van der Waals surface area contributed by atoms with Gasteiger partial charge in [-0.05, 0) is 0 Å². The van der Waals surface area contributed by atoms with Crippen LogP contribution >= 0.6 is 23.7 Å². The van der Waals surface area contributed by atoms with Crippen LogP contribution in [0.25, 0.3) is 0 Å². The number of hydrogen-bond donors (Lipinski definition) is 2. The number of nitrogen functional groups attached to an aromatic ring is 1. The Bertz CT molecular complexity index is 506. The lowest BCUT2D eigenvalue weighted by Crippen LogP contribution is -2.45.